The zero-order chi connectivity index (χ0) is 25.1. The fourth-order valence-electron chi connectivity index (χ4n) is 5.39. The molecule has 35 heavy (non-hydrogen) atoms. The third-order valence-electron chi connectivity index (χ3n) is 7.23. The molecule has 0 saturated carbocycles. The minimum atomic E-state index is -0.514. The van der Waals surface area contributed by atoms with Crippen molar-refractivity contribution < 1.29 is 18.7 Å². The molecule has 1 aliphatic heterocycles. The van der Waals surface area contributed by atoms with Gasteiger partial charge in [0.15, 0.2) is 5.78 Å². The van der Waals surface area contributed by atoms with Crippen molar-refractivity contribution in [2.75, 3.05) is 33.2 Å². The van der Waals surface area contributed by atoms with Gasteiger partial charge in [-0.15, -0.1) is 0 Å². The molecule has 0 aromatic heterocycles. The molecular weight excluding hydrogens is 446 g/mol. The number of halogens is 2. The fourth-order valence-corrected chi connectivity index (χ4v) is 5.39. The molecule has 0 unspecified atom stereocenters. The summed E-state index contributed by atoms with van der Waals surface area (Å²) in [4.78, 5) is 16.2. The molecule has 4 nitrogen and oxygen atoms in total. The number of likely N-dealkylation sites (N-methyl/N-ethyl adjacent to an activating group) is 1. The lowest BCUT2D eigenvalue weighted by molar-refractivity contribution is 0.0741. The van der Waals surface area contributed by atoms with Gasteiger partial charge in [-0.25, -0.2) is 8.78 Å². The number of nitrogens with one attached hydrogen (secondary N) is 1. The highest BCUT2D eigenvalue weighted by Gasteiger charge is 2.43. The average Bonchev–Trinajstić information content (AvgIpc) is 2.85. The summed E-state index contributed by atoms with van der Waals surface area (Å²) in [6.45, 7) is 6.00. The smallest absolute Gasteiger partial charge is 0.167 e. The summed E-state index contributed by atoms with van der Waals surface area (Å²) >= 11 is 0. The van der Waals surface area contributed by atoms with Crippen LogP contribution in [0.15, 0.2) is 54.6 Å². The highest BCUT2D eigenvalue weighted by atomic mass is 19.1. The van der Waals surface area contributed by atoms with Gasteiger partial charge in [-0.3, -0.25) is 4.79 Å². The maximum Gasteiger partial charge on any atom is 0.167 e. The van der Waals surface area contributed by atoms with E-state index in [0.29, 0.717) is 36.3 Å². The Labute approximate surface area is 205 Å². The van der Waals surface area contributed by atoms with E-state index in [1.54, 1.807) is 38.1 Å². The molecule has 183 valence electrons. The topological polar surface area (TPSA) is 52.6 Å². The van der Waals surface area contributed by atoms with Gasteiger partial charge in [0.25, 0.3) is 0 Å². The molecule has 1 radical (unpaired) electrons. The number of piperidine rings is 1. The summed E-state index contributed by atoms with van der Waals surface area (Å²) < 4.78 is 29.4. The van der Waals surface area contributed by atoms with E-state index in [1.807, 2.05) is 19.2 Å². The fraction of sp³-hybridized carbons (Fsp3) is 0.345. The number of benzene rings is 3. The normalized spacial score (nSPS) is 20.7. The van der Waals surface area contributed by atoms with Crippen molar-refractivity contribution in [1.82, 2.24) is 10.2 Å². The Kier molecular flexibility index (Phi) is 7.63. The van der Waals surface area contributed by atoms with Crippen LogP contribution in [0.2, 0.25) is 0 Å². The SMILES string of the molecule is CNCCN1C[C@H](C(=O)c2cccc(O)c2)[C@H](c2cccc(F)c2C)[C@@H](c2cc[c]c(F)c2C)C1. The Bertz CT molecular complexity index is 1210. The van der Waals surface area contributed by atoms with Crippen molar-refractivity contribution in [3.8, 4) is 5.75 Å². The number of phenols is 1. The molecule has 1 fully saturated rings. The first-order valence-electron chi connectivity index (χ1n) is 11.9. The van der Waals surface area contributed by atoms with Crippen LogP contribution >= 0.6 is 0 Å². The zero-order valence-corrected chi connectivity index (χ0v) is 20.3. The standard InChI is InChI=1S/C29H31F2N2O2/c1-18-22(9-5-11-26(18)30)24-16-33(14-13-32-3)17-25(29(35)20-7-4-8-21(34)15-20)28(24)23-10-6-12-27(31)19(23)2/h4-10,12,15,24-25,28,32,34H,13-14,16-17H2,1-3H3/t24-,25+,28-/m1/s1. The molecule has 1 aliphatic rings. The minimum absolute atomic E-state index is 0.0187. The lowest BCUT2D eigenvalue weighted by Gasteiger charge is -2.45. The second-order valence-electron chi connectivity index (χ2n) is 9.34. The number of likely N-dealkylation sites (tertiary alicyclic amines) is 1. The maximum atomic E-state index is 14.8. The molecule has 1 saturated heterocycles. The average molecular weight is 478 g/mol. The first-order chi connectivity index (χ1) is 16.8. The van der Waals surface area contributed by atoms with Crippen molar-refractivity contribution in [3.63, 3.8) is 0 Å². The minimum Gasteiger partial charge on any atom is -0.508 e. The Morgan fingerprint density at radius 3 is 2.60 bits per heavy atom. The van der Waals surface area contributed by atoms with Gasteiger partial charge in [-0.05, 0) is 61.3 Å². The van der Waals surface area contributed by atoms with Crippen LogP contribution in [-0.4, -0.2) is 49.0 Å². The lowest BCUT2D eigenvalue weighted by Crippen LogP contribution is -2.49. The van der Waals surface area contributed by atoms with Crippen molar-refractivity contribution in [2.24, 2.45) is 5.92 Å². The summed E-state index contributed by atoms with van der Waals surface area (Å²) in [5.41, 5.74) is 2.97. The predicted molar refractivity (Wildman–Crippen MR) is 133 cm³/mol. The summed E-state index contributed by atoms with van der Waals surface area (Å²) in [7, 11) is 1.88. The van der Waals surface area contributed by atoms with Crippen LogP contribution in [-0.2, 0) is 0 Å². The molecule has 0 amide bonds. The number of hydrogen-bond donors (Lipinski definition) is 2. The third-order valence-corrected chi connectivity index (χ3v) is 7.23. The second kappa shape index (κ2) is 10.7. The molecule has 2 N–H and O–H groups in total. The molecule has 0 bridgehead atoms. The number of hydrogen-bond acceptors (Lipinski definition) is 4. The van der Waals surface area contributed by atoms with Crippen LogP contribution in [0.25, 0.3) is 0 Å². The van der Waals surface area contributed by atoms with Crippen LogP contribution in [0.4, 0.5) is 8.78 Å². The number of phenolic OH excluding ortho intramolecular Hbond substituents is 1. The molecule has 3 aromatic rings. The summed E-state index contributed by atoms with van der Waals surface area (Å²) in [6.07, 6.45) is 0. The van der Waals surface area contributed by atoms with E-state index in [0.717, 1.165) is 17.7 Å². The van der Waals surface area contributed by atoms with Gasteiger partial charge < -0.3 is 15.3 Å². The highest BCUT2D eigenvalue weighted by molar-refractivity contribution is 5.99. The van der Waals surface area contributed by atoms with Gasteiger partial charge in [0.1, 0.15) is 17.4 Å². The predicted octanol–water partition coefficient (Wildman–Crippen LogP) is 4.99. The number of aromatic hydroxyl groups is 1. The largest absolute Gasteiger partial charge is 0.508 e. The zero-order valence-electron chi connectivity index (χ0n) is 20.3. The summed E-state index contributed by atoms with van der Waals surface area (Å²) in [5, 5.41) is 13.2. The van der Waals surface area contributed by atoms with E-state index < -0.39 is 11.7 Å². The number of carbonyl (C=O) groups excluding carboxylic acids is 1. The van der Waals surface area contributed by atoms with Crippen LogP contribution in [0.3, 0.4) is 0 Å². The molecule has 6 heteroatoms. The van der Waals surface area contributed by atoms with Crippen LogP contribution in [0.5, 0.6) is 5.75 Å². The molecule has 3 atom stereocenters. The molecule has 0 spiro atoms. The lowest BCUT2D eigenvalue weighted by atomic mass is 9.67. The Morgan fingerprint density at radius 1 is 1.09 bits per heavy atom. The number of rotatable bonds is 7. The summed E-state index contributed by atoms with van der Waals surface area (Å²) in [6, 6.07) is 17.4. The van der Waals surface area contributed by atoms with Crippen molar-refractivity contribution in [2.45, 2.75) is 25.7 Å². The first kappa shape index (κ1) is 25.0. The highest BCUT2D eigenvalue weighted by Crippen LogP contribution is 2.46. The molecular formula is C29H31F2N2O2. The van der Waals surface area contributed by atoms with E-state index in [-0.39, 0.29) is 29.2 Å². The summed E-state index contributed by atoms with van der Waals surface area (Å²) in [5.74, 6) is -1.96. The van der Waals surface area contributed by atoms with Crippen LogP contribution < -0.4 is 5.32 Å². The Hall–Kier alpha value is -3.09. The molecule has 0 aliphatic carbocycles. The van der Waals surface area contributed by atoms with E-state index in [2.05, 4.69) is 16.3 Å². The molecule has 1 heterocycles. The first-order valence-corrected chi connectivity index (χ1v) is 11.9. The van der Waals surface area contributed by atoms with Crippen LogP contribution in [0, 0.1) is 37.5 Å². The molecule has 3 aromatic carbocycles. The van der Waals surface area contributed by atoms with Gasteiger partial charge in [0.2, 0.25) is 0 Å². The Balaban J connectivity index is 1.89. The second-order valence-corrected chi connectivity index (χ2v) is 9.34. The number of ketones is 1. The number of carbonyl (C=O) groups is 1. The maximum absolute atomic E-state index is 14.8. The quantitative estimate of drug-likeness (QED) is 0.471. The van der Waals surface area contributed by atoms with E-state index >= 15 is 0 Å². The van der Waals surface area contributed by atoms with Crippen LogP contribution in [0.1, 0.15) is 44.4 Å². The van der Waals surface area contributed by atoms with Crippen molar-refractivity contribution in [3.05, 3.63) is 100 Å². The van der Waals surface area contributed by atoms with Gasteiger partial charge in [-0.1, -0.05) is 36.4 Å². The number of Topliss-reactive ketones (excluding diaryl/α,β-unsaturated/α-hetero) is 1. The van der Waals surface area contributed by atoms with E-state index in [4.69, 9.17) is 0 Å². The molecule has 4 rings (SSSR count). The van der Waals surface area contributed by atoms with Gasteiger partial charge in [0, 0.05) is 55.6 Å². The van der Waals surface area contributed by atoms with Gasteiger partial charge >= 0.3 is 0 Å². The van der Waals surface area contributed by atoms with Gasteiger partial charge in [-0.2, -0.15) is 0 Å². The van der Waals surface area contributed by atoms with Crippen molar-refractivity contribution in [1.29, 1.82) is 0 Å². The van der Waals surface area contributed by atoms with Gasteiger partial charge in [0.05, 0.1) is 0 Å². The van der Waals surface area contributed by atoms with Crippen molar-refractivity contribution >= 4 is 5.78 Å². The number of nitrogens with zero attached hydrogens (tertiary/aromatic N) is 1. The van der Waals surface area contributed by atoms with E-state index in [9.17, 15) is 18.7 Å². The van der Waals surface area contributed by atoms with E-state index in [1.165, 1.54) is 18.2 Å². The Morgan fingerprint density at radius 2 is 1.86 bits per heavy atom. The monoisotopic (exact) mass is 477 g/mol. The third kappa shape index (κ3) is 5.14.